The van der Waals surface area contributed by atoms with Crippen LogP contribution in [0.4, 0.5) is 10.7 Å². The Kier molecular flexibility index (Phi) is 4.69. The summed E-state index contributed by atoms with van der Waals surface area (Å²) in [6.45, 7) is 2.86. The second kappa shape index (κ2) is 7.54. The zero-order valence-electron chi connectivity index (χ0n) is 17.6. The fraction of sp³-hybridized carbons (Fsp3) is 0.304. The monoisotopic (exact) mass is 418 g/mol. The molecular formula is C23H24N5O3+. The third kappa shape index (κ3) is 3.24. The highest BCUT2D eigenvalue weighted by molar-refractivity contribution is 6.19. The molecule has 158 valence electrons. The molecule has 8 heteroatoms. The van der Waals surface area contributed by atoms with Crippen molar-refractivity contribution in [2.24, 2.45) is 4.99 Å². The van der Waals surface area contributed by atoms with Gasteiger partial charge in [-0.1, -0.05) is 35.3 Å². The van der Waals surface area contributed by atoms with Crippen molar-refractivity contribution in [3.63, 3.8) is 0 Å². The Morgan fingerprint density at radius 1 is 1.13 bits per heavy atom. The number of nitrogens with zero attached hydrogens (tertiary/aromatic N) is 5. The number of imide groups is 1. The largest absolute Gasteiger partial charge is 0.466 e. The highest BCUT2D eigenvalue weighted by Crippen LogP contribution is 2.29. The maximum Gasteiger partial charge on any atom is 0.402 e. The first-order valence-corrected chi connectivity index (χ1v) is 10.4. The molecule has 0 N–H and O–H groups in total. The standard InChI is InChI=1S/C23H24N5O3/c1-16-14-28-19-20(24-22(28)27(16)15-18-11-7-13-31-18)25(2)23(30)26(21(19)29)12-6-10-17-8-4-3-5-9-17/h3-5,7-9,11,13-14,19H,6,10,12,15H2,1-2H3/q+1. The minimum atomic E-state index is -0.619. The molecule has 1 aromatic carbocycles. The highest BCUT2D eigenvalue weighted by atomic mass is 16.3. The Morgan fingerprint density at radius 3 is 2.68 bits per heavy atom. The van der Waals surface area contributed by atoms with Crippen LogP contribution in [0.5, 0.6) is 0 Å². The van der Waals surface area contributed by atoms with Crippen LogP contribution in [-0.4, -0.2) is 45.7 Å². The lowest BCUT2D eigenvalue weighted by molar-refractivity contribution is -0.677. The lowest BCUT2D eigenvalue weighted by atomic mass is 10.1. The van der Waals surface area contributed by atoms with Crippen LogP contribution in [0.3, 0.4) is 0 Å². The molecule has 3 aromatic rings. The van der Waals surface area contributed by atoms with Crippen LogP contribution in [0, 0.1) is 6.92 Å². The van der Waals surface area contributed by atoms with Crippen LogP contribution >= 0.6 is 0 Å². The number of imidazole rings is 1. The summed E-state index contributed by atoms with van der Waals surface area (Å²) in [5.41, 5.74) is 2.16. The number of amidine groups is 1. The lowest BCUT2D eigenvalue weighted by Crippen LogP contribution is -2.62. The van der Waals surface area contributed by atoms with Crippen molar-refractivity contribution in [1.82, 2.24) is 14.4 Å². The van der Waals surface area contributed by atoms with Crippen molar-refractivity contribution in [1.29, 1.82) is 0 Å². The first-order chi connectivity index (χ1) is 15.0. The summed E-state index contributed by atoms with van der Waals surface area (Å²) in [5, 5.41) is 0. The van der Waals surface area contributed by atoms with Gasteiger partial charge in [-0.3, -0.25) is 14.6 Å². The van der Waals surface area contributed by atoms with Gasteiger partial charge in [-0.25, -0.2) is 13.9 Å². The molecule has 31 heavy (non-hydrogen) atoms. The third-order valence-electron chi connectivity index (χ3n) is 5.91. The van der Waals surface area contributed by atoms with Gasteiger partial charge in [0.05, 0.1) is 6.26 Å². The molecule has 5 rings (SSSR count). The normalized spacial score (nSPS) is 17.7. The van der Waals surface area contributed by atoms with Crippen LogP contribution in [0.1, 0.15) is 29.5 Å². The summed E-state index contributed by atoms with van der Waals surface area (Å²) >= 11 is 0. The number of furan rings is 1. The lowest BCUT2D eigenvalue weighted by Gasteiger charge is -2.33. The van der Waals surface area contributed by atoms with Gasteiger partial charge in [0, 0.05) is 13.6 Å². The molecular weight excluding hydrogens is 394 g/mol. The van der Waals surface area contributed by atoms with Crippen molar-refractivity contribution in [3.8, 4) is 0 Å². The molecule has 0 spiro atoms. The van der Waals surface area contributed by atoms with E-state index in [0.717, 1.165) is 17.9 Å². The van der Waals surface area contributed by atoms with Crippen LogP contribution in [-0.2, 0) is 17.8 Å². The molecule has 2 aliphatic rings. The van der Waals surface area contributed by atoms with Crippen molar-refractivity contribution in [2.45, 2.75) is 32.4 Å². The molecule has 1 atom stereocenters. The van der Waals surface area contributed by atoms with Gasteiger partial charge in [0.2, 0.25) is 11.9 Å². The van der Waals surface area contributed by atoms with Crippen LogP contribution in [0.25, 0.3) is 0 Å². The first-order valence-electron chi connectivity index (χ1n) is 10.4. The highest BCUT2D eigenvalue weighted by Gasteiger charge is 2.52. The number of benzene rings is 1. The summed E-state index contributed by atoms with van der Waals surface area (Å²) in [6, 6.07) is 12.9. The Morgan fingerprint density at radius 2 is 1.94 bits per heavy atom. The van der Waals surface area contributed by atoms with Crippen LogP contribution in [0.15, 0.2) is 64.3 Å². The maximum atomic E-state index is 13.4. The Bertz CT molecular complexity index is 1160. The first kappa shape index (κ1) is 19.3. The van der Waals surface area contributed by atoms with E-state index in [4.69, 9.17) is 4.42 Å². The number of likely N-dealkylation sites (N-methyl/N-ethyl adjacent to an activating group) is 1. The summed E-state index contributed by atoms with van der Waals surface area (Å²) < 4.78 is 9.34. The number of carbonyl (C=O) groups is 2. The van der Waals surface area contributed by atoms with E-state index >= 15 is 0 Å². The van der Waals surface area contributed by atoms with E-state index in [1.807, 2.05) is 52.6 Å². The quantitative estimate of drug-likeness (QED) is 0.578. The number of rotatable bonds is 6. The third-order valence-corrected chi connectivity index (χ3v) is 5.91. The number of aryl methyl sites for hydroxylation is 2. The van der Waals surface area contributed by atoms with Gasteiger partial charge in [0.1, 0.15) is 24.2 Å². The van der Waals surface area contributed by atoms with E-state index < -0.39 is 6.04 Å². The predicted octanol–water partition coefficient (Wildman–Crippen LogP) is 2.84. The zero-order valence-corrected chi connectivity index (χ0v) is 17.6. The van der Waals surface area contributed by atoms with Gasteiger partial charge in [0.25, 0.3) is 5.91 Å². The number of hydrogen-bond donors (Lipinski definition) is 0. The van der Waals surface area contributed by atoms with E-state index in [1.54, 1.807) is 13.3 Å². The minimum Gasteiger partial charge on any atom is -0.466 e. The molecule has 1 unspecified atom stereocenters. The van der Waals surface area contributed by atoms with Crippen LogP contribution in [0.2, 0.25) is 0 Å². The van der Waals surface area contributed by atoms with E-state index in [-0.39, 0.29) is 11.9 Å². The van der Waals surface area contributed by atoms with E-state index in [1.165, 1.54) is 15.4 Å². The molecule has 0 aliphatic carbocycles. The number of amides is 3. The maximum absolute atomic E-state index is 13.4. The molecule has 1 fully saturated rings. The van der Waals surface area contributed by atoms with Gasteiger partial charge in [-0.05, 0) is 37.5 Å². The number of hydrogen-bond acceptors (Lipinski definition) is 4. The van der Waals surface area contributed by atoms with E-state index in [9.17, 15) is 9.59 Å². The van der Waals surface area contributed by atoms with Gasteiger partial charge >= 0.3 is 12.0 Å². The molecule has 3 amide bonds. The van der Waals surface area contributed by atoms with Crippen LogP contribution < -0.4 is 4.57 Å². The molecule has 0 radical (unpaired) electrons. The summed E-state index contributed by atoms with van der Waals surface area (Å²) in [5.74, 6) is 1.69. The number of aliphatic imine (C=N–C) groups is 1. The molecule has 0 bridgehead atoms. The fourth-order valence-electron chi connectivity index (χ4n) is 4.28. The topological polar surface area (TPSA) is 74.9 Å². The second-order valence-corrected chi connectivity index (χ2v) is 7.94. The molecule has 4 heterocycles. The summed E-state index contributed by atoms with van der Waals surface area (Å²) in [6.07, 6.45) is 5.08. The molecule has 8 nitrogen and oxygen atoms in total. The van der Waals surface area contributed by atoms with E-state index in [0.29, 0.717) is 31.3 Å². The number of aromatic nitrogens is 2. The summed E-state index contributed by atoms with van der Waals surface area (Å²) in [4.78, 5) is 33.8. The van der Waals surface area contributed by atoms with Gasteiger partial charge in [0.15, 0.2) is 0 Å². The van der Waals surface area contributed by atoms with Crippen molar-refractivity contribution in [2.75, 3.05) is 13.6 Å². The molecule has 2 aromatic heterocycles. The smallest absolute Gasteiger partial charge is 0.402 e. The van der Waals surface area contributed by atoms with E-state index in [2.05, 4.69) is 17.1 Å². The predicted molar refractivity (Wildman–Crippen MR) is 113 cm³/mol. The molecule has 2 aliphatic heterocycles. The number of urea groups is 1. The van der Waals surface area contributed by atoms with Crippen molar-refractivity contribution >= 4 is 23.7 Å². The molecule has 1 saturated heterocycles. The minimum absolute atomic E-state index is 0.228. The SMILES string of the molecule is Cc1c[n+]2c(n1Cc1ccco1)N=C1C2C(=O)N(CCCc2ccccc2)C(=O)N1C. The second-order valence-electron chi connectivity index (χ2n) is 7.94. The Labute approximate surface area is 180 Å². The zero-order chi connectivity index (χ0) is 21.5. The Balaban J connectivity index is 1.39. The average Bonchev–Trinajstić information content (AvgIpc) is 3.48. The Hall–Kier alpha value is -3.68. The van der Waals surface area contributed by atoms with Gasteiger partial charge in [-0.15, -0.1) is 0 Å². The molecule has 0 saturated carbocycles. The van der Waals surface area contributed by atoms with Gasteiger partial charge < -0.3 is 4.42 Å². The van der Waals surface area contributed by atoms with Crippen molar-refractivity contribution < 1.29 is 18.6 Å². The van der Waals surface area contributed by atoms with Gasteiger partial charge in [-0.2, -0.15) is 0 Å². The average molecular weight is 418 g/mol. The van der Waals surface area contributed by atoms with Crippen molar-refractivity contribution in [3.05, 3.63) is 71.9 Å². The number of fused-ring (bicyclic) bond motifs is 3. The summed E-state index contributed by atoms with van der Waals surface area (Å²) in [7, 11) is 1.68. The number of carbonyl (C=O) groups excluding carboxylic acids is 2. The fourth-order valence-corrected chi connectivity index (χ4v) is 4.28.